The fourth-order valence-corrected chi connectivity index (χ4v) is 2.76. The van der Waals surface area contributed by atoms with Crippen LogP contribution in [0.1, 0.15) is 26.6 Å². The summed E-state index contributed by atoms with van der Waals surface area (Å²) in [6, 6.07) is 12.4. The highest BCUT2D eigenvalue weighted by atomic mass is 16.5. The first kappa shape index (κ1) is 20.8. The zero-order valence-electron chi connectivity index (χ0n) is 16.9. The largest absolute Gasteiger partial charge is 0.493 e. The van der Waals surface area contributed by atoms with E-state index in [1.165, 1.54) is 14.2 Å². The zero-order valence-corrected chi connectivity index (χ0v) is 16.9. The third kappa shape index (κ3) is 4.75. The van der Waals surface area contributed by atoms with Crippen LogP contribution in [0.2, 0.25) is 0 Å². The lowest BCUT2D eigenvalue weighted by Crippen LogP contribution is -2.35. The lowest BCUT2D eigenvalue weighted by molar-refractivity contribution is 0.0898. The van der Waals surface area contributed by atoms with Gasteiger partial charge in [0.25, 0.3) is 5.91 Å². The van der Waals surface area contributed by atoms with E-state index >= 15 is 0 Å². The molecule has 0 atom stereocenters. The Morgan fingerprint density at radius 2 is 1.67 bits per heavy atom. The van der Waals surface area contributed by atoms with E-state index in [0.717, 1.165) is 5.56 Å². The highest BCUT2D eigenvalue weighted by Gasteiger charge is 2.17. The highest BCUT2D eigenvalue weighted by molar-refractivity contribution is 5.95. The monoisotopic (exact) mass is 410 g/mol. The van der Waals surface area contributed by atoms with E-state index in [1.807, 2.05) is 19.1 Å². The second kappa shape index (κ2) is 9.55. The Morgan fingerprint density at radius 1 is 0.967 bits per heavy atom. The molecule has 2 N–H and O–H groups in total. The zero-order chi connectivity index (χ0) is 21.5. The molecule has 30 heavy (non-hydrogen) atoms. The van der Waals surface area contributed by atoms with Gasteiger partial charge in [0.1, 0.15) is 0 Å². The molecule has 3 aromatic rings. The molecule has 0 radical (unpaired) electrons. The molecule has 0 bridgehead atoms. The van der Waals surface area contributed by atoms with Gasteiger partial charge in [-0.3, -0.25) is 9.59 Å². The summed E-state index contributed by atoms with van der Waals surface area (Å²) in [7, 11) is 3.06. The van der Waals surface area contributed by atoms with Gasteiger partial charge in [-0.1, -0.05) is 23.4 Å². The number of rotatable bonds is 8. The molecule has 3 rings (SSSR count). The van der Waals surface area contributed by atoms with Gasteiger partial charge in [0.05, 0.1) is 14.2 Å². The van der Waals surface area contributed by atoms with Gasteiger partial charge >= 0.3 is 11.8 Å². The molecule has 0 saturated carbocycles. The van der Waals surface area contributed by atoms with E-state index in [0.29, 0.717) is 22.6 Å². The van der Waals surface area contributed by atoms with Crippen molar-refractivity contribution in [1.82, 2.24) is 20.8 Å². The summed E-state index contributed by atoms with van der Waals surface area (Å²) in [5.74, 6) is 0.417. The van der Waals surface area contributed by atoms with E-state index in [2.05, 4.69) is 20.8 Å². The van der Waals surface area contributed by atoms with Crippen LogP contribution in [0.25, 0.3) is 11.4 Å². The summed E-state index contributed by atoms with van der Waals surface area (Å²) in [6.45, 7) is 2.34. The van der Waals surface area contributed by atoms with Crippen LogP contribution in [0.15, 0.2) is 47.0 Å². The summed E-state index contributed by atoms with van der Waals surface area (Å²) in [6.07, 6.45) is 0. The number of carbonyl (C=O) groups excluding carboxylic acids is 2. The Kier molecular flexibility index (Phi) is 6.63. The number of nitrogens with one attached hydrogen (secondary N) is 2. The molecule has 9 heteroatoms. The number of amides is 2. The van der Waals surface area contributed by atoms with Crippen molar-refractivity contribution in [1.29, 1.82) is 0 Å². The SMILES string of the molecule is COc1ccc(-c2noc(C(=O)NCCNC(=O)c3ccccc3C)n2)cc1OC. The minimum atomic E-state index is -0.528. The molecule has 2 aromatic carbocycles. The lowest BCUT2D eigenvalue weighted by Gasteiger charge is -2.07. The Balaban J connectivity index is 1.54. The van der Waals surface area contributed by atoms with Crippen molar-refractivity contribution in [3.63, 3.8) is 0 Å². The van der Waals surface area contributed by atoms with Gasteiger partial charge in [-0.2, -0.15) is 4.98 Å². The minimum Gasteiger partial charge on any atom is -0.493 e. The summed E-state index contributed by atoms with van der Waals surface area (Å²) in [5, 5.41) is 9.22. The Morgan fingerprint density at radius 3 is 2.37 bits per heavy atom. The highest BCUT2D eigenvalue weighted by Crippen LogP contribution is 2.31. The van der Waals surface area contributed by atoms with Crippen molar-refractivity contribution < 1.29 is 23.6 Å². The standard InChI is InChI=1S/C21H22N4O5/c1-13-6-4-5-7-15(13)19(26)22-10-11-23-20(27)21-24-18(25-30-21)14-8-9-16(28-2)17(12-14)29-3/h4-9,12H,10-11H2,1-3H3,(H,22,26)(H,23,27). The fraction of sp³-hybridized carbons (Fsp3) is 0.238. The average Bonchev–Trinajstić information content (AvgIpc) is 3.26. The van der Waals surface area contributed by atoms with Gasteiger partial charge in [0.2, 0.25) is 5.82 Å². The van der Waals surface area contributed by atoms with Crippen LogP contribution in [0.5, 0.6) is 11.5 Å². The predicted molar refractivity (Wildman–Crippen MR) is 109 cm³/mol. The maximum Gasteiger partial charge on any atom is 0.316 e. The smallest absolute Gasteiger partial charge is 0.316 e. The van der Waals surface area contributed by atoms with Crippen LogP contribution < -0.4 is 20.1 Å². The molecule has 0 aliphatic rings. The van der Waals surface area contributed by atoms with Crippen molar-refractivity contribution >= 4 is 11.8 Å². The van der Waals surface area contributed by atoms with Gasteiger partial charge in [0.15, 0.2) is 11.5 Å². The molecule has 0 fully saturated rings. The second-order valence-electron chi connectivity index (χ2n) is 6.32. The van der Waals surface area contributed by atoms with Gasteiger partial charge in [-0.15, -0.1) is 0 Å². The Hall–Kier alpha value is -3.88. The van der Waals surface area contributed by atoms with E-state index in [-0.39, 0.29) is 30.7 Å². The number of hydrogen-bond donors (Lipinski definition) is 2. The Bertz CT molecular complexity index is 1050. The van der Waals surface area contributed by atoms with E-state index in [1.54, 1.807) is 30.3 Å². The van der Waals surface area contributed by atoms with Crippen LogP contribution >= 0.6 is 0 Å². The quantitative estimate of drug-likeness (QED) is 0.547. The van der Waals surface area contributed by atoms with Crippen molar-refractivity contribution in [2.75, 3.05) is 27.3 Å². The number of aryl methyl sites for hydroxylation is 1. The van der Waals surface area contributed by atoms with Gasteiger partial charge < -0.3 is 24.6 Å². The summed E-state index contributed by atoms with van der Waals surface area (Å²) in [4.78, 5) is 28.5. The van der Waals surface area contributed by atoms with Crippen molar-refractivity contribution in [3.8, 4) is 22.9 Å². The van der Waals surface area contributed by atoms with Crippen LogP contribution in [-0.2, 0) is 0 Å². The van der Waals surface area contributed by atoms with Crippen LogP contribution in [0.3, 0.4) is 0 Å². The first-order chi connectivity index (χ1) is 14.5. The predicted octanol–water partition coefficient (Wildman–Crippen LogP) is 2.22. The maximum absolute atomic E-state index is 12.2. The average molecular weight is 410 g/mol. The third-order valence-corrected chi connectivity index (χ3v) is 4.35. The van der Waals surface area contributed by atoms with Gasteiger partial charge in [-0.25, -0.2) is 0 Å². The number of benzene rings is 2. The number of carbonyl (C=O) groups is 2. The van der Waals surface area contributed by atoms with E-state index < -0.39 is 5.91 Å². The summed E-state index contributed by atoms with van der Waals surface area (Å²) >= 11 is 0. The maximum atomic E-state index is 12.2. The van der Waals surface area contributed by atoms with Crippen molar-refractivity contribution in [3.05, 3.63) is 59.5 Å². The van der Waals surface area contributed by atoms with E-state index in [4.69, 9.17) is 14.0 Å². The van der Waals surface area contributed by atoms with Gasteiger partial charge in [0, 0.05) is 24.2 Å². The summed E-state index contributed by atoms with van der Waals surface area (Å²) < 4.78 is 15.5. The number of aromatic nitrogens is 2. The molecule has 2 amide bonds. The molecule has 0 unspecified atom stereocenters. The van der Waals surface area contributed by atoms with E-state index in [9.17, 15) is 9.59 Å². The minimum absolute atomic E-state index is 0.176. The lowest BCUT2D eigenvalue weighted by atomic mass is 10.1. The molecule has 0 spiro atoms. The molecule has 0 saturated heterocycles. The molecule has 0 aliphatic heterocycles. The van der Waals surface area contributed by atoms with Gasteiger partial charge in [-0.05, 0) is 36.8 Å². The third-order valence-electron chi connectivity index (χ3n) is 4.35. The van der Waals surface area contributed by atoms with Crippen LogP contribution in [0, 0.1) is 6.92 Å². The first-order valence-corrected chi connectivity index (χ1v) is 9.21. The van der Waals surface area contributed by atoms with Crippen molar-refractivity contribution in [2.45, 2.75) is 6.92 Å². The molecular weight excluding hydrogens is 388 g/mol. The summed E-state index contributed by atoms with van der Waals surface area (Å²) in [5.41, 5.74) is 2.09. The topological polar surface area (TPSA) is 116 Å². The van der Waals surface area contributed by atoms with Crippen LogP contribution in [0.4, 0.5) is 0 Å². The molecule has 9 nitrogen and oxygen atoms in total. The Labute approximate surface area is 173 Å². The number of nitrogens with zero attached hydrogens (tertiary/aromatic N) is 2. The molecule has 1 heterocycles. The molecule has 156 valence electrons. The number of hydrogen-bond acceptors (Lipinski definition) is 7. The second-order valence-corrected chi connectivity index (χ2v) is 6.32. The van der Waals surface area contributed by atoms with Crippen molar-refractivity contribution in [2.24, 2.45) is 0 Å². The van der Waals surface area contributed by atoms with Crippen LogP contribution in [-0.4, -0.2) is 49.3 Å². The molecular formula is C21H22N4O5. The first-order valence-electron chi connectivity index (χ1n) is 9.21. The number of ether oxygens (including phenoxy) is 2. The molecule has 0 aliphatic carbocycles. The number of methoxy groups -OCH3 is 2. The fourth-order valence-electron chi connectivity index (χ4n) is 2.76. The normalized spacial score (nSPS) is 10.4. The molecule has 1 aromatic heterocycles.